The molecule has 2 heterocycles. The Morgan fingerprint density at radius 2 is 1.94 bits per heavy atom. The second kappa shape index (κ2) is 9.28. The molecule has 0 aliphatic carbocycles. The number of benzene rings is 2. The number of anilines is 1. The topological polar surface area (TPSA) is 64.0 Å². The van der Waals surface area contributed by atoms with Crippen LogP contribution in [0.5, 0.6) is 0 Å². The molecular weight excluding hydrogens is 433 g/mol. The smallest absolute Gasteiger partial charge is 0.272 e. The van der Waals surface area contributed by atoms with Crippen molar-refractivity contribution < 1.29 is 9.18 Å². The average Bonchev–Trinajstić information content (AvgIpc) is 3.14. The van der Waals surface area contributed by atoms with Gasteiger partial charge in [0.1, 0.15) is 5.82 Å². The molecule has 1 amide bonds. The fourth-order valence-electron chi connectivity index (χ4n) is 3.37. The van der Waals surface area contributed by atoms with Gasteiger partial charge in [0.05, 0.1) is 22.0 Å². The molecule has 3 aromatic rings. The van der Waals surface area contributed by atoms with Crippen LogP contribution >= 0.6 is 23.5 Å². The summed E-state index contributed by atoms with van der Waals surface area (Å²) in [7, 11) is 0. The number of halogens is 1. The van der Waals surface area contributed by atoms with Gasteiger partial charge in [-0.2, -0.15) is 0 Å². The van der Waals surface area contributed by atoms with E-state index in [2.05, 4.69) is 19.2 Å². The fraction of sp³-hybridized carbons (Fsp3) is 0.261. The summed E-state index contributed by atoms with van der Waals surface area (Å²) in [6.07, 6.45) is 1.65. The summed E-state index contributed by atoms with van der Waals surface area (Å²) < 4.78 is 14.9. The molecule has 1 unspecified atom stereocenters. The lowest BCUT2D eigenvalue weighted by Crippen LogP contribution is -2.24. The zero-order valence-electron chi connectivity index (χ0n) is 17.2. The van der Waals surface area contributed by atoms with E-state index >= 15 is 0 Å². The molecule has 160 valence electrons. The van der Waals surface area contributed by atoms with Crippen LogP contribution in [0.15, 0.2) is 63.4 Å². The number of aryl methyl sites for hydroxylation is 1. The van der Waals surface area contributed by atoms with Crippen LogP contribution in [-0.2, 0) is 17.6 Å². The van der Waals surface area contributed by atoms with Crippen molar-refractivity contribution in [2.75, 3.05) is 11.1 Å². The molecule has 5 nitrogen and oxygen atoms in total. The molecule has 0 spiro atoms. The number of hydrogen-bond donors (Lipinski definition) is 1. The lowest BCUT2D eigenvalue weighted by Gasteiger charge is -2.14. The highest BCUT2D eigenvalue weighted by atomic mass is 32.2. The minimum Gasteiger partial charge on any atom is -0.325 e. The number of rotatable bonds is 6. The number of nitrogens with zero attached hydrogens (tertiary/aromatic N) is 2. The van der Waals surface area contributed by atoms with E-state index in [0.717, 1.165) is 17.8 Å². The van der Waals surface area contributed by atoms with Gasteiger partial charge in [0.15, 0.2) is 5.16 Å². The summed E-state index contributed by atoms with van der Waals surface area (Å²) in [5.41, 5.74) is 3.04. The molecule has 31 heavy (non-hydrogen) atoms. The highest BCUT2D eigenvalue weighted by Gasteiger charge is 2.27. The third kappa shape index (κ3) is 4.85. The average molecular weight is 456 g/mol. The third-order valence-electron chi connectivity index (χ3n) is 4.94. The fourth-order valence-corrected chi connectivity index (χ4v) is 5.29. The van der Waals surface area contributed by atoms with Crippen LogP contribution in [0.4, 0.5) is 10.1 Å². The zero-order chi connectivity index (χ0) is 22.0. The minimum absolute atomic E-state index is 0.102. The Kier molecular flexibility index (Phi) is 6.48. The molecule has 1 aliphatic rings. The summed E-state index contributed by atoms with van der Waals surface area (Å²) in [6.45, 7) is 4.13. The van der Waals surface area contributed by atoms with E-state index in [1.54, 1.807) is 12.1 Å². The number of amides is 1. The molecule has 0 radical (unpaired) electrons. The number of hydrogen-bond acceptors (Lipinski definition) is 5. The molecule has 0 saturated heterocycles. The maximum absolute atomic E-state index is 13.4. The van der Waals surface area contributed by atoms with Gasteiger partial charge in [0.2, 0.25) is 5.91 Å². The van der Waals surface area contributed by atoms with Gasteiger partial charge in [-0.25, -0.2) is 9.37 Å². The summed E-state index contributed by atoms with van der Waals surface area (Å²) in [5, 5.41) is 3.58. The van der Waals surface area contributed by atoms with Gasteiger partial charge in [-0.15, -0.1) is 11.8 Å². The summed E-state index contributed by atoms with van der Waals surface area (Å²) in [4.78, 5) is 31.0. The van der Waals surface area contributed by atoms with Crippen LogP contribution in [0, 0.1) is 5.82 Å². The van der Waals surface area contributed by atoms with Gasteiger partial charge in [0.25, 0.3) is 5.56 Å². The first-order chi connectivity index (χ1) is 14.9. The Bertz CT molecular complexity index is 1160. The van der Waals surface area contributed by atoms with E-state index in [1.165, 1.54) is 45.8 Å². The van der Waals surface area contributed by atoms with Crippen molar-refractivity contribution >= 4 is 35.1 Å². The van der Waals surface area contributed by atoms with Gasteiger partial charge in [-0.05, 0) is 48.4 Å². The van der Waals surface area contributed by atoms with E-state index in [9.17, 15) is 14.0 Å². The van der Waals surface area contributed by atoms with Gasteiger partial charge >= 0.3 is 0 Å². The standard InChI is InChI=1S/C23H22FN3O2S2/c1-3-15-4-8-17(9-5-15)25-20(28)13-30-23-26-19-12-14(2)31-21(19)22(29)27(23)18-10-6-16(24)7-11-18/h4-11,14H,3,12-13H2,1-2H3,(H,25,28). The zero-order valence-corrected chi connectivity index (χ0v) is 18.9. The first-order valence-electron chi connectivity index (χ1n) is 10.0. The number of aromatic nitrogens is 2. The lowest BCUT2D eigenvalue weighted by molar-refractivity contribution is -0.113. The van der Waals surface area contributed by atoms with Gasteiger partial charge in [-0.1, -0.05) is 37.7 Å². The molecule has 0 saturated carbocycles. The van der Waals surface area contributed by atoms with Crippen molar-refractivity contribution in [1.29, 1.82) is 0 Å². The maximum Gasteiger partial charge on any atom is 0.272 e. The molecule has 2 aromatic carbocycles. The number of fused-ring (bicyclic) bond motifs is 1. The number of thioether (sulfide) groups is 2. The minimum atomic E-state index is -0.378. The largest absolute Gasteiger partial charge is 0.325 e. The Morgan fingerprint density at radius 3 is 2.61 bits per heavy atom. The highest BCUT2D eigenvalue weighted by Crippen LogP contribution is 2.34. The van der Waals surface area contributed by atoms with Crippen LogP contribution in [0.2, 0.25) is 0 Å². The van der Waals surface area contributed by atoms with Crippen LogP contribution in [0.1, 0.15) is 25.1 Å². The first kappa shape index (κ1) is 21.6. The predicted molar refractivity (Wildman–Crippen MR) is 124 cm³/mol. The van der Waals surface area contributed by atoms with E-state index in [1.807, 2.05) is 24.3 Å². The SMILES string of the molecule is CCc1ccc(NC(=O)CSc2nc3c(c(=O)n2-c2ccc(F)cc2)SC(C)C3)cc1. The van der Waals surface area contributed by atoms with Crippen molar-refractivity contribution in [3.8, 4) is 5.69 Å². The predicted octanol–water partition coefficient (Wildman–Crippen LogP) is 4.70. The summed E-state index contributed by atoms with van der Waals surface area (Å²) in [5.74, 6) is -0.459. The molecule has 0 fully saturated rings. The molecule has 8 heteroatoms. The van der Waals surface area contributed by atoms with Gasteiger partial charge in [0, 0.05) is 17.4 Å². The van der Waals surface area contributed by atoms with E-state index in [4.69, 9.17) is 4.98 Å². The van der Waals surface area contributed by atoms with Gasteiger partial charge in [-0.3, -0.25) is 14.2 Å². The van der Waals surface area contributed by atoms with Crippen LogP contribution in [-0.4, -0.2) is 26.5 Å². The Morgan fingerprint density at radius 1 is 1.23 bits per heavy atom. The Labute approximate surface area is 188 Å². The Hall–Kier alpha value is -2.58. The molecule has 0 bridgehead atoms. The van der Waals surface area contributed by atoms with Gasteiger partial charge < -0.3 is 5.32 Å². The number of carbonyl (C=O) groups excluding carboxylic acids is 1. The monoisotopic (exact) mass is 455 g/mol. The molecule has 1 atom stereocenters. The molecule has 1 aliphatic heterocycles. The van der Waals surface area contributed by atoms with Crippen molar-refractivity contribution in [2.24, 2.45) is 0 Å². The second-order valence-corrected chi connectivity index (χ2v) is 9.70. The Balaban J connectivity index is 1.58. The molecular formula is C23H22FN3O2S2. The first-order valence-corrected chi connectivity index (χ1v) is 11.9. The van der Waals surface area contributed by atoms with E-state index < -0.39 is 0 Å². The quantitative estimate of drug-likeness (QED) is 0.431. The van der Waals surface area contributed by atoms with E-state index in [-0.39, 0.29) is 28.3 Å². The number of nitrogens with one attached hydrogen (secondary N) is 1. The van der Waals surface area contributed by atoms with Crippen LogP contribution in [0.25, 0.3) is 5.69 Å². The highest BCUT2D eigenvalue weighted by molar-refractivity contribution is 8.00. The third-order valence-corrected chi connectivity index (χ3v) is 7.10. The number of carbonyl (C=O) groups is 1. The molecule has 1 N–H and O–H groups in total. The van der Waals surface area contributed by atoms with Crippen LogP contribution in [0.3, 0.4) is 0 Å². The molecule has 4 rings (SSSR count). The van der Waals surface area contributed by atoms with Crippen molar-refractivity contribution in [2.45, 2.75) is 42.0 Å². The van der Waals surface area contributed by atoms with Crippen molar-refractivity contribution in [3.05, 3.63) is 76.0 Å². The van der Waals surface area contributed by atoms with Crippen molar-refractivity contribution in [3.63, 3.8) is 0 Å². The normalized spacial score (nSPS) is 15.0. The van der Waals surface area contributed by atoms with E-state index in [0.29, 0.717) is 22.2 Å². The summed E-state index contributed by atoms with van der Waals surface area (Å²) in [6, 6.07) is 13.4. The summed E-state index contributed by atoms with van der Waals surface area (Å²) >= 11 is 2.71. The molecule has 1 aromatic heterocycles. The lowest BCUT2D eigenvalue weighted by atomic mass is 10.1. The second-order valence-electron chi connectivity index (χ2n) is 7.31. The maximum atomic E-state index is 13.4. The van der Waals surface area contributed by atoms with Crippen LogP contribution < -0.4 is 10.9 Å². The van der Waals surface area contributed by atoms with Crippen molar-refractivity contribution in [1.82, 2.24) is 9.55 Å².